The first-order valence-corrected chi connectivity index (χ1v) is 8.24. The van der Waals surface area contributed by atoms with Crippen LogP contribution >= 0.6 is 11.3 Å². The van der Waals surface area contributed by atoms with E-state index in [1.54, 1.807) is 11.3 Å². The second-order valence-corrected chi connectivity index (χ2v) is 7.25. The maximum Gasteiger partial charge on any atom is 0.178 e. The van der Waals surface area contributed by atoms with Crippen LogP contribution in [0.3, 0.4) is 0 Å². The van der Waals surface area contributed by atoms with Crippen molar-refractivity contribution in [3.05, 3.63) is 10.4 Å². The summed E-state index contributed by atoms with van der Waals surface area (Å²) in [6.07, 6.45) is 4.50. The molecule has 2 fully saturated rings. The largest absolute Gasteiger partial charge is 0.397 e. The number of thiophene rings is 1. The van der Waals surface area contributed by atoms with E-state index in [1.807, 2.05) is 0 Å². The summed E-state index contributed by atoms with van der Waals surface area (Å²) in [5.74, 6) is 1.10. The van der Waals surface area contributed by atoms with E-state index in [9.17, 15) is 4.79 Å². The van der Waals surface area contributed by atoms with Crippen molar-refractivity contribution in [3.8, 4) is 0 Å². The number of rotatable bonds is 7. The van der Waals surface area contributed by atoms with Gasteiger partial charge >= 0.3 is 0 Å². The average molecular weight is 293 g/mol. The van der Waals surface area contributed by atoms with E-state index in [2.05, 4.69) is 24.3 Å². The molecule has 5 heteroatoms. The van der Waals surface area contributed by atoms with E-state index >= 15 is 0 Å². The molecular formula is C15H23N3OS. The van der Waals surface area contributed by atoms with E-state index in [1.165, 1.54) is 18.4 Å². The number of hydrogen-bond donors (Lipinski definition) is 2. The van der Waals surface area contributed by atoms with Crippen LogP contribution in [0.1, 0.15) is 46.8 Å². The maximum atomic E-state index is 12.3. The molecule has 0 radical (unpaired) electrons. The highest BCUT2D eigenvalue weighted by atomic mass is 32.1. The van der Waals surface area contributed by atoms with Gasteiger partial charge in [-0.15, -0.1) is 11.3 Å². The summed E-state index contributed by atoms with van der Waals surface area (Å²) in [5, 5.41) is 4.62. The predicted octanol–water partition coefficient (Wildman–Crippen LogP) is 2.77. The highest BCUT2D eigenvalue weighted by molar-refractivity contribution is 7.18. The first-order valence-electron chi connectivity index (χ1n) is 7.43. The van der Waals surface area contributed by atoms with Crippen LogP contribution < -0.4 is 11.1 Å². The lowest BCUT2D eigenvalue weighted by Gasteiger charge is -2.11. The molecule has 1 aromatic heterocycles. The minimum Gasteiger partial charge on any atom is -0.397 e. The van der Waals surface area contributed by atoms with Gasteiger partial charge in [-0.25, -0.2) is 0 Å². The molecule has 0 aliphatic heterocycles. The zero-order valence-corrected chi connectivity index (χ0v) is 13.1. The molecule has 3 N–H and O–H groups in total. The smallest absolute Gasteiger partial charge is 0.178 e. The first-order chi connectivity index (χ1) is 9.58. The van der Waals surface area contributed by atoms with Gasteiger partial charge in [-0.2, -0.15) is 0 Å². The minimum absolute atomic E-state index is 0.248. The van der Waals surface area contributed by atoms with Crippen LogP contribution in [-0.2, 0) is 0 Å². The van der Waals surface area contributed by atoms with Gasteiger partial charge < -0.3 is 16.0 Å². The van der Waals surface area contributed by atoms with Crippen LogP contribution in [0.5, 0.6) is 0 Å². The van der Waals surface area contributed by atoms with Crippen molar-refractivity contribution in [2.45, 2.75) is 31.6 Å². The molecule has 4 nitrogen and oxygen atoms in total. The molecule has 0 saturated heterocycles. The number of hydrogen-bond acceptors (Lipinski definition) is 5. The predicted molar refractivity (Wildman–Crippen MR) is 84.8 cm³/mol. The Labute approximate surface area is 124 Å². The number of nitrogen functional groups attached to an aromatic ring is 1. The Morgan fingerprint density at radius 3 is 2.60 bits per heavy atom. The van der Waals surface area contributed by atoms with Crippen LogP contribution in [0.25, 0.3) is 0 Å². The molecule has 20 heavy (non-hydrogen) atoms. The van der Waals surface area contributed by atoms with Crippen LogP contribution in [-0.4, -0.2) is 37.9 Å². The third kappa shape index (κ3) is 2.83. The zero-order chi connectivity index (χ0) is 14.3. The molecule has 0 aromatic carbocycles. The molecule has 0 bridgehead atoms. The number of likely N-dealkylation sites (N-methyl/N-ethyl adjacent to an activating group) is 1. The zero-order valence-electron chi connectivity index (χ0n) is 12.2. The number of nitrogens with two attached hydrogens (primary N) is 1. The lowest BCUT2D eigenvalue weighted by Crippen LogP contribution is -2.20. The Morgan fingerprint density at radius 2 is 2.05 bits per heavy atom. The van der Waals surface area contributed by atoms with Crippen LogP contribution in [0.15, 0.2) is 0 Å². The van der Waals surface area contributed by atoms with E-state index < -0.39 is 0 Å². The highest BCUT2D eigenvalue weighted by Gasteiger charge is 2.37. The standard InChI is InChI=1S/C15H23N3OS/c1-18(2)8-7-17-15-11(9-3-4-9)12(16)14(20-15)13(19)10-5-6-10/h9-10,17H,3-8,16H2,1-2H3. The molecule has 110 valence electrons. The van der Waals surface area contributed by atoms with Crippen molar-refractivity contribution in [1.82, 2.24) is 4.90 Å². The normalized spacial score (nSPS) is 18.6. The van der Waals surface area contributed by atoms with Crippen LogP contribution in [0.4, 0.5) is 10.7 Å². The summed E-state index contributed by atoms with van der Waals surface area (Å²) in [5.41, 5.74) is 8.27. The summed E-state index contributed by atoms with van der Waals surface area (Å²) in [6.45, 7) is 1.87. The van der Waals surface area contributed by atoms with Crippen molar-refractivity contribution < 1.29 is 4.79 Å². The lowest BCUT2D eigenvalue weighted by atomic mass is 10.1. The van der Waals surface area contributed by atoms with Gasteiger partial charge in [0.2, 0.25) is 0 Å². The summed E-state index contributed by atoms with van der Waals surface area (Å²) >= 11 is 1.58. The third-order valence-corrected chi connectivity index (χ3v) is 5.18. The van der Waals surface area contributed by atoms with E-state index in [0.717, 1.165) is 41.5 Å². The molecule has 0 amide bonds. The average Bonchev–Trinajstić information content (AvgIpc) is 3.26. The number of nitrogens with zero attached hydrogens (tertiary/aromatic N) is 1. The van der Waals surface area contributed by atoms with Gasteiger partial charge in [0.15, 0.2) is 5.78 Å². The van der Waals surface area contributed by atoms with Crippen LogP contribution in [0.2, 0.25) is 0 Å². The Bertz CT molecular complexity index is 515. The minimum atomic E-state index is 0.248. The quantitative estimate of drug-likeness (QED) is 0.759. The fourth-order valence-electron chi connectivity index (χ4n) is 2.47. The third-order valence-electron chi connectivity index (χ3n) is 3.99. The molecule has 2 aliphatic carbocycles. The van der Waals surface area contributed by atoms with Crippen molar-refractivity contribution in [3.63, 3.8) is 0 Å². The van der Waals surface area contributed by atoms with Gasteiger partial charge in [0.25, 0.3) is 0 Å². The summed E-state index contributed by atoms with van der Waals surface area (Å²) in [6, 6.07) is 0. The monoisotopic (exact) mass is 293 g/mol. The van der Waals surface area contributed by atoms with Crippen molar-refractivity contribution >= 4 is 27.8 Å². The molecule has 3 rings (SSSR count). The van der Waals surface area contributed by atoms with Gasteiger partial charge in [0, 0.05) is 24.6 Å². The number of carbonyl (C=O) groups is 1. The highest BCUT2D eigenvalue weighted by Crippen LogP contribution is 2.52. The van der Waals surface area contributed by atoms with Gasteiger partial charge in [0.05, 0.1) is 15.6 Å². The second kappa shape index (κ2) is 5.37. The second-order valence-electron chi connectivity index (χ2n) is 6.23. The maximum absolute atomic E-state index is 12.3. The van der Waals surface area contributed by atoms with Crippen LogP contribution in [0, 0.1) is 5.92 Å². The summed E-state index contributed by atoms with van der Waals surface area (Å²) in [7, 11) is 4.13. The molecule has 0 atom stereocenters. The van der Waals surface area contributed by atoms with Gasteiger partial charge in [-0.05, 0) is 45.7 Å². The van der Waals surface area contributed by atoms with E-state index in [-0.39, 0.29) is 11.7 Å². The number of ketones is 1. The number of carbonyl (C=O) groups excluding carboxylic acids is 1. The fourth-order valence-corrected chi connectivity index (χ4v) is 3.72. The Balaban J connectivity index is 1.80. The van der Waals surface area contributed by atoms with Gasteiger partial charge in [0.1, 0.15) is 0 Å². The Hall–Kier alpha value is -1.07. The van der Waals surface area contributed by atoms with E-state index in [0.29, 0.717) is 5.92 Å². The van der Waals surface area contributed by atoms with E-state index in [4.69, 9.17) is 5.73 Å². The van der Waals surface area contributed by atoms with Gasteiger partial charge in [-0.1, -0.05) is 0 Å². The SMILES string of the molecule is CN(C)CCNc1sc(C(=O)C2CC2)c(N)c1C1CC1. The molecule has 2 aliphatic rings. The van der Waals surface area contributed by atoms with Crippen molar-refractivity contribution in [1.29, 1.82) is 0 Å². The molecule has 1 aromatic rings. The van der Waals surface area contributed by atoms with Crippen molar-refractivity contribution in [2.24, 2.45) is 5.92 Å². The number of nitrogens with one attached hydrogen (secondary N) is 1. The molecule has 1 heterocycles. The molecule has 2 saturated carbocycles. The molecule has 0 spiro atoms. The number of Topliss-reactive ketones (excluding diaryl/α,β-unsaturated/α-hetero) is 1. The lowest BCUT2D eigenvalue weighted by molar-refractivity contribution is 0.0972. The fraction of sp³-hybridized carbons (Fsp3) is 0.667. The summed E-state index contributed by atoms with van der Waals surface area (Å²) < 4.78 is 0. The molecular weight excluding hydrogens is 270 g/mol. The first kappa shape index (κ1) is 13.9. The Morgan fingerprint density at radius 1 is 1.35 bits per heavy atom. The van der Waals surface area contributed by atoms with Gasteiger partial charge in [-0.3, -0.25) is 4.79 Å². The number of anilines is 2. The van der Waals surface area contributed by atoms with Crippen molar-refractivity contribution in [2.75, 3.05) is 38.2 Å². The topological polar surface area (TPSA) is 58.4 Å². The summed E-state index contributed by atoms with van der Waals surface area (Å²) in [4.78, 5) is 15.3. The molecule has 0 unspecified atom stereocenters. The Kier molecular flexibility index (Phi) is 3.73.